The fourth-order valence-corrected chi connectivity index (χ4v) is 3.13. The summed E-state index contributed by atoms with van der Waals surface area (Å²) in [6, 6.07) is 0. The summed E-state index contributed by atoms with van der Waals surface area (Å²) in [5.41, 5.74) is -0.0843. The van der Waals surface area contributed by atoms with E-state index in [1.807, 2.05) is 0 Å². The van der Waals surface area contributed by atoms with E-state index in [4.69, 9.17) is 4.74 Å². The lowest BCUT2D eigenvalue weighted by molar-refractivity contribution is -0.162. The van der Waals surface area contributed by atoms with Crippen LogP contribution in [0.3, 0.4) is 0 Å². The third-order valence-corrected chi connectivity index (χ3v) is 4.90. The Labute approximate surface area is 108 Å². The molecule has 1 amide bonds. The van der Waals surface area contributed by atoms with Gasteiger partial charge in [-0.25, -0.2) is 4.79 Å². The SMILES string of the molecule is CCNC(=O)C(=O)OC1CC2C=CC1(C)C2(C)C. The molecule has 1 N–H and O–H groups in total. The number of likely N-dealkylation sites (N-methyl/N-ethyl adjacent to an activating group) is 1. The number of hydrogen-bond donors (Lipinski definition) is 1. The molecule has 100 valence electrons. The van der Waals surface area contributed by atoms with Crippen LogP contribution < -0.4 is 5.32 Å². The quantitative estimate of drug-likeness (QED) is 0.461. The molecular weight excluding hydrogens is 230 g/mol. The Bertz CT molecular complexity index is 413. The number of hydrogen-bond acceptors (Lipinski definition) is 3. The second-order valence-electron chi connectivity index (χ2n) is 5.96. The molecule has 2 bridgehead atoms. The third kappa shape index (κ3) is 1.66. The highest BCUT2D eigenvalue weighted by atomic mass is 16.6. The van der Waals surface area contributed by atoms with Crippen molar-refractivity contribution < 1.29 is 14.3 Å². The summed E-state index contributed by atoms with van der Waals surface area (Å²) >= 11 is 0. The standard InChI is InChI=1S/C14H21NO3/c1-5-15-11(16)12(17)18-10-8-9-6-7-14(10,4)13(9,2)3/h6-7,9-10H,5,8H2,1-4H3,(H,15,16). The van der Waals surface area contributed by atoms with E-state index >= 15 is 0 Å². The third-order valence-electron chi connectivity index (χ3n) is 4.90. The molecule has 2 aliphatic carbocycles. The zero-order chi connectivity index (χ0) is 13.6. The second-order valence-corrected chi connectivity index (χ2v) is 5.96. The first-order valence-electron chi connectivity index (χ1n) is 6.51. The Morgan fingerprint density at radius 1 is 1.39 bits per heavy atom. The Morgan fingerprint density at radius 3 is 2.50 bits per heavy atom. The van der Waals surface area contributed by atoms with Gasteiger partial charge in [0.05, 0.1) is 0 Å². The smallest absolute Gasteiger partial charge is 0.397 e. The maximum Gasteiger partial charge on any atom is 0.397 e. The maximum atomic E-state index is 11.7. The van der Waals surface area contributed by atoms with E-state index in [-0.39, 0.29) is 16.9 Å². The lowest BCUT2D eigenvalue weighted by Gasteiger charge is -2.37. The molecule has 0 spiro atoms. The van der Waals surface area contributed by atoms with Gasteiger partial charge < -0.3 is 10.1 Å². The van der Waals surface area contributed by atoms with Crippen molar-refractivity contribution in [2.24, 2.45) is 16.7 Å². The molecule has 18 heavy (non-hydrogen) atoms. The van der Waals surface area contributed by atoms with Crippen LogP contribution in [-0.2, 0) is 14.3 Å². The molecule has 3 atom stereocenters. The number of fused-ring (bicyclic) bond motifs is 2. The van der Waals surface area contributed by atoms with E-state index in [1.165, 1.54) is 0 Å². The lowest BCUT2D eigenvalue weighted by atomic mass is 9.70. The van der Waals surface area contributed by atoms with Gasteiger partial charge in [0, 0.05) is 12.0 Å². The van der Waals surface area contributed by atoms with Crippen molar-refractivity contribution in [3.8, 4) is 0 Å². The van der Waals surface area contributed by atoms with Crippen LogP contribution >= 0.6 is 0 Å². The predicted molar refractivity (Wildman–Crippen MR) is 67.7 cm³/mol. The van der Waals surface area contributed by atoms with Crippen LogP contribution in [0.2, 0.25) is 0 Å². The van der Waals surface area contributed by atoms with Crippen LogP contribution in [-0.4, -0.2) is 24.5 Å². The monoisotopic (exact) mass is 251 g/mol. The number of allylic oxidation sites excluding steroid dienone is 1. The van der Waals surface area contributed by atoms with Crippen LogP contribution in [0.15, 0.2) is 12.2 Å². The van der Waals surface area contributed by atoms with Gasteiger partial charge in [0.25, 0.3) is 0 Å². The maximum absolute atomic E-state index is 11.7. The summed E-state index contributed by atoms with van der Waals surface area (Å²) in [4.78, 5) is 23.1. The van der Waals surface area contributed by atoms with Crippen LogP contribution in [0, 0.1) is 16.7 Å². The van der Waals surface area contributed by atoms with E-state index in [0.29, 0.717) is 12.5 Å². The summed E-state index contributed by atoms with van der Waals surface area (Å²) in [5.74, 6) is -0.986. The van der Waals surface area contributed by atoms with E-state index in [9.17, 15) is 9.59 Å². The van der Waals surface area contributed by atoms with Crippen molar-refractivity contribution in [3.05, 3.63) is 12.2 Å². The molecular formula is C14H21NO3. The van der Waals surface area contributed by atoms with Gasteiger partial charge in [-0.1, -0.05) is 32.9 Å². The Morgan fingerprint density at radius 2 is 2.06 bits per heavy atom. The minimum atomic E-state index is -0.764. The zero-order valence-electron chi connectivity index (χ0n) is 11.4. The highest BCUT2D eigenvalue weighted by molar-refractivity contribution is 6.32. The first-order chi connectivity index (χ1) is 8.33. The minimum absolute atomic E-state index is 0.0825. The fraction of sp³-hybridized carbons (Fsp3) is 0.714. The molecule has 0 aromatic heterocycles. The molecule has 0 aromatic rings. The van der Waals surface area contributed by atoms with Crippen LogP contribution in [0.25, 0.3) is 0 Å². The molecule has 4 nitrogen and oxygen atoms in total. The molecule has 3 unspecified atom stereocenters. The van der Waals surface area contributed by atoms with Gasteiger partial charge in [-0.05, 0) is 24.7 Å². The number of ether oxygens (including phenoxy) is 1. The van der Waals surface area contributed by atoms with Gasteiger partial charge in [-0.3, -0.25) is 4.79 Å². The van der Waals surface area contributed by atoms with Gasteiger partial charge in [0.1, 0.15) is 6.10 Å². The van der Waals surface area contributed by atoms with E-state index in [0.717, 1.165) is 6.42 Å². The summed E-state index contributed by atoms with van der Waals surface area (Å²) < 4.78 is 5.40. The van der Waals surface area contributed by atoms with Crippen molar-refractivity contribution in [1.82, 2.24) is 5.32 Å². The van der Waals surface area contributed by atoms with Crippen LogP contribution in [0.4, 0.5) is 0 Å². The number of carbonyl (C=O) groups is 2. The van der Waals surface area contributed by atoms with Gasteiger partial charge in [-0.15, -0.1) is 0 Å². The van der Waals surface area contributed by atoms with E-state index < -0.39 is 11.9 Å². The van der Waals surface area contributed by atoms with Crippen molar-refractivity contribution in [2.45, 2.75) is 40.2 Å². The molecule has 2 aliphatic rings. The molecule has 0 radical (unpaired) electrons. The van der Waals surface area contributed by atoms with Crippen LogP contribution in [0.1, 0.15) is 34.1 Å². The highest BCUT2D eigenvalue weighted by Gasteiger charge is 2.60. The number of amides is 1. The molecule has 0 aromatic carbocycles. The largest absolute Gasteiger partial charge is 0.454 e. The van der Waals surface area contributed by atoms with Crippen LogP contribution in [0.5, 0.6) is 0 Å². The molecule has 1 saturated carbocycles. The first-order valence-corrected chi connectivity index (χ1v) is 6.51. The highest BCUT2D eigenvalue weighted by Crippen LogP contribution is 2.62. The number of carbonyl (C=O) groups excluding carboxylic acids is 2. The van der Waals surface area contributed by atoms with Crippen molar-refractivity contribution in [1.29, 1.82) is 0 Å². The summed E-state index contributed by atoms with van der Waals surface area (Å²) in [7, 11) is 0. The number of rotatable bonds is 2. The zero-order valence-corrected chi connectivity index (χ0v) is 11.4. The lowest BCUT2D eigenvalue weighted by Crippen LogP contribution is -2.41. The molecule has 2 rings (SSSR count). The van der Waals surface area contributed by atoms with Crippen molar-refractivity contribution in [3.63, 3.8) is 0 Å². The van der Waals surface area contributed by atoms with Gasteiger partial charge in [-0.2, -0.15) is 0 Å². The average Bonchev–Trinajstić information content (AvgIpc) is 2.62. The molecule has 0 saturated heterocycles. The minimum Gasteiger partial charge on any atom is -0.454 e. The second kappa shape index (κ2) is 4.11. The number of esters is 1. The Hall–Kier alpha value is -1.32. The summed E-state index contributed by atoms with van der Waals surface area (Å²) in [5, 5.41) is 2.47. The predicted octanol–water partition coefficient (Wildman–Crippen LogP) is 1.66. The molecule has 0 aliphatic heterocycles. The van der Waals surface area contributed by atoms with Crippen molar-refractivity contribution in [2.75, 3.05) is 6.54 Å². The molecule has 1 fully saturated rings. The fourth-order valence-electron chi connectivity index (χ4n) is 3.13. The summed E-state index contributed by atoms with van der Waals surface area (Å²) in [6.07, 6.45) is 4.95. The Balaban J connectivity index is 2.07. The van der Waals surface area contributed by atoms with Crippen molar-refractivity contribution >= 4 is 11.9 Å². The van der Waals surface area contributed by atoms with Gasteiger partial charge in [0.15, 0.2) is 0 Å². The molecule has 4 heteroatoms. The number of nitrogens with one attached hydrogen (secondary N) is 1. The van der Waals surface area contributed by atoms with Gasteiger partial charge >= 0.3 is 11.9 Å². The van der Waals surface area contributed by atoms with Gasteiger partial charge in [0.2, 0.25) is 0 Å². The summed E-state index contributed by atoms with van der Waals surface area (Å²) in [6.45, 7) is 8.70. The average molecular weight is 251 g/mol. The topological polar surface area (TPSA) is 55.4 Å². The van der Waals surface area contributed by atoms with E-state index in [1.54, 1.807) is 6.92 Å². The molecule has 0 heterocycles. The Kier molecular flexibility index (Phi) is 2.99. The van der Waals surface area contributed by atoms with E-state index in [2.05, 4.69) is 38.2 Å². The first kappa shape index (κ1) is 13.1. The normalized spacial score (nSPS) is 35.6.